The maximum absolute atomic E-state index is 2.59. The van der Waals surface area contributed by atoms with Crippen LogP contribution >= 0.6 is 15.1 Å². The van der Waals surface area contributed by atoms with Crippen molar-refractivity contribution in [1.82, 2.24) is 4.57 Å². The fourth-order valence-electron chi connectivity index (χ4n) is 15.9. The average Bonchev–Trinajstić information content (AvgIpc) is 1.75. The molecule has 1 aliphatic heterocycles. The molecule has 0 radical (unpaired) electrons. The van der Waals surface area contributed by atoms with E-state index in [0.29, 0.717) is 0 Å². The molecule has 3 heteroatoms. The fraction of sp³-hybridized carbons (Fsp3) is 0.0123. The van der Waals surface area contributed by atoms with Crippen LogP contribution in [0.5, 0.6) is 0 Å². The third kappa shape index (κ3) is 6.05. The number of benzene rings is 14. The van der Waals surface area contributed by atoms with Crippen molar-refractivity contribution in [1.29, 1.82) is 0 Å². The van der Waals surface area contributed by atoms with E-state index in [1.54, 1.807) is 0 Å². The normalized spacial score (nSPS) is 14.7. The number of fused-ring (bicyclic) bond motifs is 20. The Balaban J connectivity index is 0.972. The first kappa shape index (κ1) is 46.6. The van der Waals surface area contributed by atoms with E-state index in [-0.39, 0.29) is 0 Å². The highest BCUT2D eigenvalue weighted by atomic mass is 31.1. The lowest BCUT2D eigenvalue weighted by Crippen LogP contribution is -2.33. The number of hydrogen-bond donors (Lipinski definition) is 0. The molecule has 0 saturated carbocycles. The number of hydrogen-bond acceptors (Lipinski definition) is 0. The van der Waals surface area contributed by atoms with E-state index in [0.717, 1.165) is 0 Å². The summed E-state index contributed by atoms with van der Waals surface area (Å²) in [5.41, 5.74) is 18.7. The molecule has 19 rings (SSSR count). The molecule has 84 heavy (non-hydrogen) atoms. The van der Waals surface area contributed by atoms with Gasteiger partial charge in [0.05, 0.1) is 22.1 Å². The van der Waals surface area contributed by atoms with E-state index in [9.17, 15) is 0 Å². The largest absolute Gasteiger partial charge is 0.309 e. The number of aromatic nitrogens is 1. The molecule has 4 heterocycles. The summed E-state index contributed by atoms with van der Waals surface area (Å²) in [5.74, 6) is 0. The van der Waals surface area contributed by atoms with E-state index in [4.69, 9.17) is 0 Å². The zero-order valence-electron chi connectivity index (χ0n) is 45.6. The summed E-state index contributed by atoms with van der Waals surface area (Å²) in [5, 5.41) is 21.5. The predicted molar refractivity (Wildman–Crippen MR) is 361 cm³/mol. The van der Waals surface area contributed by atoms with Gasteiger partial charge in [0.15, 0.2) is 0 Å². The minimum Gasteiger partial charge on any atom is -0.309 e. The van der Waals surface area contributed by atoms with Gasteiger partial charge in [-0.25, -0.2) is 0 Å². The topological polar surface area (TPSA) is 4.93 Å². The molecule has 3 aromatic heterocycles. The molecule has 14 aromatic carbocycles. The van der Waals surface area contributed by atoms with Crippen LogP contribution in [0.15, 0.2) is 297 Å². The standard InChI is InChI=1S/C81H49NP2/c1-3-23-50(24-4-1)83-74-47-15-9-28-55(74)62-38-19-36-60(79(62)83)52-31-17-33-57-66(52)49-67-53(61-37-20-39-63-56-29-10-16-48-75(56)84(80(61)63)51-25-5-2-6-26-51)32-18-34-58(67)76(57)65-40-22-43-70-77(65)64-30-7-11-41-68(64)81(70)69-42-12-14-46-73(69)82-72-45-13-8-27-54(72)59-35-21-44-71(81)78(59)82/h1-49H. The van der Waals surface area contributed by atoms with Crippen LogP contribution in [0.25, 0.3) is 146 Å². The van der Waals surface area contributed by atoms with E-state index < -0.39 is 20.5 Å². The van der Waals surface area contributed by atoms with Crippen LogP contribution in [0.4, 0.5) is 0 Å². The minimum absolute atomic E-state index is 0.596. The second-order valence-electron chi connectivity index (χ2n) is 22.9. The monoisotopic (exact) mass is 1100 g/mol. The van der Waals surface area contributed by atoms with Crippen molar-refractivity contribution in [2.24, 2.45) is 0 Å². The van der Waals surface area contributed by atoms with Gasteiger partial charge in [-0.1, -0.05) is 294 Å². The molecule has 0 fully saturated rings. The van der Waals surface area contributed by atoms with Gasteiger partial charge in [0.25, 0.3) is 0 Å². The lowest BCUT2D eigenvalue weighted by molar-refractivity contribution is 0.748. The van der Waals surface area contributed by atoms with Crippen molar-refractivity contribution in [2.75, 3.05) is 0 Å². The van der Waals surface area contributed by atoms with Gasteiger partial charge in [0.1, 0.15) is 0 Å². The lowest BCUT2D eigenvalue weighted by Gasteiger charge is -2.39. The van der Waals surface area contributed by atoms with Gasteiger partial charge in [-0.05, 0) is 139 Å². The second kappa shape index (κ2) is 17.5. The predicted octanol–water partition coefficient (Wildman–Crippen LogP) is 23.3. The Morgan fingerprint density at radius 3 is 1.32 bits per heavy atom. The molecule has 1 spiro atoms. The third-order valence-corrected chi connectivity index (χ3v) is 24.3. The first-order chi connectivity index (χ1) is 41.8. The van der Waals surface area contributed by atoms with Crippen LogP contribution in [0.1, 0.15) is 22.3 Å². The Labute approximate surface area is 487 Å². The zero-order chi connectivity index (χ0) is 54.8. The lowest BCUT2D eigenvalue weighted by atomic mass is 9.65. The summed E-state index contributed by atoms with van der Waals surface area (Å²) in [6.07, 6.45) is 0. The summed E-state index contributed by atoms with van der Waals surface area (Å²) in [4.78, 5) is 0. The summed E-state index contributed by atoms with van der Waals surface area (Å²) in [6, 6.07) is 114. The molecule has 1 nitrogen and oxygen atoms in total. The Hall–Kier alpha value is -10.0. The van der Waals surface area contributed by atoms with Crippen molar-refractivity contribution in [2.45, 2.75) is 5.41 Å². The Morgan fingerprint density at radius 1 is 0.250 bits per heavy atom. The van der Waals surface area contributed by atoms with Gasteiger partial charge in [-0.2, -0.15) is 0 Å². The van der Waals surface area contributed by atoms with Crippen LogP contribution in [-0.4, -0.2) is 4.57 Å². The molecule has 0 bridgehead atoms. The summed E-state index contributed by atoms with van der Waals surface area (Å²) in [6.45, 7) is 0. The molecule has 17 aromatic rings. The zero-order valence-corrected chi connectivity index (χ0v) is 47.4. The highest BCUT2D eigenvalue weighted by Crippen LogP contribution is 2.65. The van der Waals surface area contributed by atoms with Gasteiger partial charge in [-0.3, -0.25) is 0 Å². The maximum atomic E-state index is 2.59. The van der Waals surface area contributed by atoms with Gasteiger partial charge >= 0.3 is 0 Å². The summed E-state index contributed by atoms with van der Waals surface area (Å²) < 4.78 is 2.55. The Kier molecular flexibility index (Phi) is 9.71. The van der Waals surface area contributed by atoms with Gasteiger partial charge in [-0.15, -0.1) is 0 Å². The number of nitrogens with zero attached hydrogens (tertiary/aromatic N) is 1. The van der Waals surface area contributed by atoms with Crippen molar-refractivity contribution in [3.05, 3.63) is 320 Å². The average molecular weight is 1100 g/mol. The van der Waals surface area contributed by atoms with Crippen LogP contribution in [0.2, 0.25) is 0 Å². The summed E-state index contributed by atoms with van der Waals surface area (Å²) >= 11 is 0. The van der Waals surface area contributed by atoms with Crippen LogP contribution < -0.4 is 0 Å². The Bertz CT molecular complexity index is 5460. The second-order valence-corrected chi connectivity index (χ2v) is 27.2. The van der Waals surface area contributed by atoms with E-state index in [2.05, 4.69) is 302 Å². The molecule has 2 aliphatic rings. The maximum Gasteiger partial charge on any atom is 0.0754 e. The van der Waals surface area contributed by atoms with E-state index in [1.807, 2.05) is 0 Å². The molecule has 0 N–H and O–H groups in total. The first-order valence-corrected chi connectivity index (χ1v) is 31.9. The van der Waals surface area contributed by atoms with E-state index >= 15 is 0 Å². The molecule has 3 unspecified atom stereocenters. The Morgan fingerprint density at radius 2 is 0.679 bits per heavy atom. The smallest absolute Gasteiger partial charge is 0.0754 e. The van der Waals surface area contributed by atoms with Gasteiger partial charge in [0.2, 0.25) is 0 Å². The SMILES string of the molecule is c1ccc(-p2c3ccccc3c3cccc(-c4cccc5c(-c6cccc7c6-c6ccccc6C76c7ccccc7-n7c8ccccc8c8cccc6c87)c6cccc(-c7cccc8c9ccccc9p(-c9ccccc9)c78)c6cc45)c32)cc1. The van der Waals surface area contributed by atoms with Gasteiger partial charge in [0, 0.05) is 31.2 Å². The molecule has 0 amide bonds. The summed E-state index contributed by atoms with van der Waals surface area (Å²) in [7, 11) is -1.71. The molecule has 388 valence electrons. The van der Waals surface area contributed by atoms with Crippen molar-refractivity contribution in [3.8, 4) is 60.8 Å². The fourth-order valence-corrected chi connectivity index (χ4v) is 21.5. The third-order valence-electron chi connectivity index (χ3n) is 19.0. The van der Waals surface area contributed by atoms with Crippen molar-refractivity contribution >= 4 is 100 Å². The van der Waals surface area contributed by atoms with Crippen molar-refractivity contribution in [3.63, 3.8) is 0 Å². The van der Waals surface area contributed by atoms with Crippen LogP contribution in [0, 0.1) is 0 Å². The molecular weight excluding hydrogens is 1050 g/mol. The molecule has 1 aliphatic carbocycles. The van der Waals surface area contributed by atoms with Gasteiger partial charge < -0.3 is 4.57 Å². The minimum atomic E-state index is -0.857. The highest BCUT2D eigenvalue weighted by Gasteiger charge is 2.51. The van der Waals surface area contributed by atoms with Crippen molar-refractivity contribution < 1.29 is 0 Å². The first-order valence-electron chi connectivity index (χ1n) is 29.3. The number of rotatable bonds is 5. The molecule has 3 atom stereocenters. The molecule has 0 saturated heterocycles. The van der Waals surface area contributed by atoms with E-state index in [1.165, 1.54) is 168 Å². The number of para-hydroxylation sites is 3. The quantitative estimate of drug-likeness (QED) is 0.151. The van der Waals surface area contributed by atoms with Crippen LogP contribution in [0.3, 0.4) is 0 Å². The highest BCUT2D eigenvalue weighted by molar-refractivity contribution is 7.68. The van der Waals surface area contributed by atoms with Crippen LogP contribution in [-0.2, 0) is 5.41 Å². The molecular formula is C81H49NP2.